The molecule has 2 aromatic carbocycles. The minimum Gasteiger partial charge on any atom is -0.478 e. The van der Waals surface area contributed by atoms with Crippen molar-refractivity contribution < 1.29 is 13.5 Å². The zero-order valence-electron chi connectivity index (χ0n) is 15.5. The minimum absolute atomic E-state index is 0.225. The third-order valence-corrected chi connectivity index (χ3v) is 5.28. The predicted octanol–water partition coefficient (Wildman–Crippen LogP) is 4.20. The molecule has 0 saturated carbocycles. The molecule has 0 spiro atoms. The van der Waals surface area contributed by atoms with E-state index in [-0.39, 0.29) is 11.4 Å². The summed E-state index contributed by atoms with van der Waals surface area (Å²) in [6.45, 7) is 5.85. The van der Waals surface area contributed by atoms with Gasteiger partial charge in [-0.15, -0.1) is 0 Å². The smallest absolute Gasteiger partial charge is 0.339 e. The van der Waals surface area contributed by atoms with Crippen LogP contribution in [-0.4, -0.2) is 18.2 Å². The van der Waals surface area contributed by atoms with Gasteiger partial charge >= 0.3 is 5.63 Å². The summed E-state index contributed by atoms with van der Waals surface area (Å²) in [6, 6.07) is 10.5. The van der Waals surface area contributed by atoms with Gasteiger partial charge in [-0.25, -0.2) is 9.18 Å². The topological polar surface area (TPSA) is 42.7 Å². The molecule has 1 aromatic heterocycles. The fourth-order valence-corrected chi connectivity index (χ4v) is 3.70. The Morgan fingerprint density at radius 1 is 1.15 bits per heavy atom. The van der Waals surface area contributed by atoms with E-state index in [4.69, 9.17) is 9.15 Å². The van der Waals surface area contributed by atoms with Crippen LogP contribution < -0.4 is 10.4 Å². The van der Waals surface area contributed by atoms with Gasteiger partial charge in [0.2, 0.25) is 0 Å². The molecule has 4 rings (SSSR count). The second kappa shape index (κ2) is 7.16. The van der Waals surface area contributed by atoms with Crippen molar-refractivity contribution in [2.24, 2.45) is 0 Å². The molecular formula is C22H22FNO3. The summed E-state index contributed by atoms with van der Waals surface area (Å²) in [6.07, 6.45) is 1.45. The Bertz CT molecular complexity index is 1040. The number of hydrogen-bond acceptors (Lipinski definition) is 4. The average molecular weight is 367 g/mol. The van der Waals surface area contributed by atoms with Crippen molar-refractivity contribution in [1.82, 2.24) is 4.90 Å². The molecule has 4 nitrogen and oxygen atoms in total. The minimum atomic E-state index is -0.265. The van der Waals surface area contributed by atoms with Crippen LogP contribution in [-0.2, 0) is 19.4 Å². The summed E-state index contributed by atoms with van der Waals surface area (Å²) in [5.74, 6) is 0.546. The van der Waals surface area contributed by atoms with Crippen LogP contribution in [0.2, 0.25) is 0 Å². The van der Waals surface area contributed by atoms with Crippen molar-refractivity contribution in [3.63, 3.8) is 0 Å². The van der Waals surface area contributed by atoms with E-state index in [0.717, 1.165) is 46.4 Å². The van der Waals surface area contributed by atoms with Crippen LogP contribution in [0.1, 0.15) is 29.2 Å². The summed E-state index contributed by atoms with van der Waals surface area (Å²) in [5.41, 5.74) is 4.07. The SMILES string of the molecule is CCc1c(C)c2ccc3c(c2oc1=O)CN(CCc1ccc(F)cc1)CO3. The Labute approximate surface area is 157 Å². The Balaban J connectivity index is 1.62. The number of rotatable bonds is 4. The van der Waals surface area contributed by atoms with Crippen molar-refractivity contribution in [3.8, 4) is 5.75 Å². The van der Waals surface area contributed by atoms with E-state index in [9.17, 15) is 9.18 Å². The molecule has 0 fully saturated rings. The lowest BCUT2D eigenvalue weighted by atomic mass is 10.0. The highest BCUT2D eigenvalue weighted by Crippen LogP contribution is 2.33. The van der Waals surface area contributed by atoms with Crippen LogP contribution in [0, 0.1) is 12.7 Å². The first-order valence-electron chi connectivity index (χ1n) is 9.24. The van der Waals surface area contributed by atoms with Crippen molar-refractivity contribution in [1.29, 1.82) is 0 Å². The van der Waals surface area contributed by atoms with Crippen molar-refractivity contribution in [2.45, 2.75) is 33.2 Å². The molecule has 0 saturated heterocycles. The monoisotopic (exact) mass is 367 g/mol. The lowest BCUT2D eigenvalue weighted by molar-refractivity contribution is 0.0967. The van der Waals surface area contributed by atoms with Crippen LogP contribution in [0.5, 0.6) is 5.75 Å². The molecule has 5 heteroatoms. The van der Waals surface area contributed by atoms with Gasteiger partial charge in [-0.2, -0.15) is 0 Å². The van der Waals surface area contributed by atoms with E-state index in [1.54, 1.807) is 12.1 Å². The summed E-state index contributed by atoms with van der Waals surface area (Å²) in [5, 5.41) is 0.967. The molecule has 0 amide bonds. The highest BCUT2D eigenvalue weighted by atomic mass is 19.1. The zero-order chi connectivity index (χ0) is 19.0. The average Bonchev–Trinajstić information content (AvgIpc) is 2.67. The zero-order valence-corrected chi connectivity index (χ0v) is 15.5. The Kier molecular flexibility index (Phi) is 4.70. The van der Waals surface area contributed by atoms with Crippen LogP contribution in [0.4, 0.5) is 4.39 Å². The third kappa shape index (κ3) is 3.35. The number of fused-ring (bicyclic) bond motifs is 3. The van der Waals surface area contributed by atoms with Gasteiger partial charge in [0, 0.05) is 24.0 Å². The molecular weight excluding hydrogens is 345 g/mol. The largest absolute Gasteiger partial charge is 0.478 e. The Morgan fingerprint density at radius 2 is 1.93 bits per heavy atom. The fraction of sp³-hybridized carbons (Fsp3) is 0.318. The van der Waals surface area contributed by atoms with Gasteiger partial charge in [0.05, 0.1) is 5.56 Å². The molecule has 1 aliphatic rings. The molecule has 0 atom stereocenters. The molecule has 3 aromatic rings. The number of halogens is 1. The maximum Gasteiger partial charge on any atom is 0.339 e. The highest BCUT2D eigenvalue weighted by molar-refractivity contribution is 5.86. The summed E-state index contributed by atoms with van der Waals surface area (Å²) in [4.78, 5) is 14.5. The van der Waals surface area contributed by atoms with E-state index in [2.05, 4.69) is 4.90 Å². The number of benzene rings is 2. The van der Waals surface area contributed by atoms with Gasteiger partial charge in [0.15, 0.2) is 0 Å². The lowest BCUT2D eigenvalue weighted by Gasteiger charge is -2.29. The van der Waals surface area contributed by atoms with Gasteiger partial charge in [-0.1, -0.05) is 19.1 Å². The second-order valence-electron chi connectivity index (χ2n) is 6.97. The Morgan fingerprint density at radius 3 is 2.67 bits per heavy atom. The van der Waals surface area contributed by atoms with Crippen molar-refractivity contribution in [2.75, 3.05) is 13.3 Å². The van der Waals surface area contributed by atoms with E-state index < -0.39 is 0 Å². The molecule has 1 aliphatic heterocycles. The van der Waals surface area contributed by atoms with Crippen LogP contribution >= 0.6 is 0 Å². The van der Waals surface area contributed by atoms with Gasteiger partial charge in [-0.3, -0.25) is 4.90 Å². The highest BCUT2D eigenvalue weighted by Gasteiger charge is 2.22. The molecule has 2 heterocycles. The molecule has 0 N–H and O–H groups in total. The molecule has 27 heavy (non-hydrogen) atoms. The van der Waals surface area contributed by atoms with Crippen LogP contribution in [0.15, 0.2) is 45.6 Å². The predicted molar refractivity (Wildman–Crippen MR) is 103 cm³/mol. The quantitative estimate of drug-likeness (QED) is 0.648. The molecule has 0 aliphatic carbocycles. The van der Waals surface area contributed by atoms with Gasteiger partial charge < -0.3 is 9.15 Å². The van der Waals surface area contributed by atoms with Gasteiger partial charge in [0.25, 0.3) is 0 Å². The molecule has 0 radical (unpaired) electrons. The van der Waals surface area contributed by atoms with Gasteiger partial charge in [-0.05, 0) is 55.2 Å². The number of aryl methyl sites for hydroxylation is 1. The van der Waals surface area contributed by atoms with Crippen LogP contribution in [0.3, 0.4) is 0 Å². The molecule has 140 valence electrons. The van der Waals surface area contributed by atoms with E-state index in [1.807, 2.05) is 26.0 Å². The second-order valence-corrected chi connectivity index (χ2v) is 6.97. The maximum atomic E-state index is 13.0. The Hall–Kier alpha value is -2.66. The first-order valence-corrected chi connectivity index (χ1v) is 9.24. The van der Waals surface area contributed by atoms with Crippen molar-refractivity contribution >= 4 is 11.0 Å². The van der Waals surface area contributed by atoms with E-state index in [0.29, 0.717) is 25.3 Å². The van der Waals surface area contributed by atoms with Crippen molar-refractivity contribution in [3.05, 3.63) is 74.9 Å². The number of nitrogens with zero attached hydrogens (tertiary/aromatic N) is 1. The summed E-state index contributed by atoms with van der Waals surface area (Å²) >= 11 is 0. The van der Waals surface area contributed by atoms with E-state index >= 15 is 0 Å². The summed E-state index contributed by atoms with van der Waals surface area (Å²) < 4.78 is 24.6. The van der Waals surface area contributed by atoms with Crippen LogP contribution in [0.25, 0.3) is 11.0 Å². The number of hydrogen-bond donors (Lipinski definition) is 0. The first-order chi connectivity index (χ1) is 13.1. The molecule has 0 unspecified atom stereocenters. The normalized spacial score (nSPS) is 14.2. The lowest BCUT2D eigenvalue weighted by Crippen LogP contribution is -2.33. The maximum absolute atomic E-state index is 13.0. The molecule has 0 bridgehead atoms. The van der Waals surface area contributed by atoms with E-state index in [1.165, 1.54) is 12.1 Å². The third-order valence-electron chi connectivity index (χ3n) is 5.28. The summed E-state index contributed by atoms with van der Waals surface area (Å²) in [7, 11) is 0. The fourth-order valence-electron chi connectivity index (χ4n) is 3.70. The number of ether oxygens (including phenoxy) is 1. The standard InChI is InChI=1S/C22H22FNO3/c1-3-17-14(2)18-8-9-20-19(21(18)27-22(17)25)12-24(13-26-20)11-10-15-4-6-16(23)7-5-15/h4-9H,3,10-13H2,1-2H3. The first kappa shape index (κ1) is 17.7. The van der Waals surface area contributed by atoms with Gasteiger partial charge in [0.1, 0.15) is 23.9 Å².